The van der Waals surface area contributed by atoms with Crippen molar-refractivity contribution in [1.82, 2.24) is 14.8 Å². The third-order valence-corrected chi connectivity index (χ3v) is 6.99. The molecule has 1 N–H and O–H groups in total. The molecule has 1 aliphatic heterocycles. The number of piperidine rings is 1. The Hall–Kier alpha value is -1.50. The summed E-state index contributed by atoms with van der Waals surface area (Å²) in [6.07, 6.45) is 6.11. The van der Waals surface area contributed by atoms with Gasteiger partial charge in [-0.15, -0.1) is 11.8 Å². The van der Waals surface area contributed by atoms with E-state index in [-0.39, 0.29) is 11.5 Å². The zero-order chi connectivity index (χ0) is 20.8. The van der Waals surface area contributed by atoms with Crippen LogP contribution >= 0.6 is 23.4 Å². The highest BCUT2D eigenvalue weighted by Crippen LogP contribution is 2.28. The predicted molar refractivity (Wildman–Crippen MR) is 122 cm³/mol. The second-order valence-electron chi connectivity index (χ2n) is 7.65. The molecule has 1 atom stereocenters. The summed E-state index contributed by atoms with van der Waals surface area (Å²) in [7, 11) is 1.73. The van der Waals surface area contributed by atoms with Gasteiger partial charge in [-0.3, -0.25) is 9.59 Å². The van der Waals surface area contributed by atoms with Crippen LogP contribution in [0.3, 0.4) is 0 Å². The molecule has 1 aromatic heterocycles. The zero-order valence-electron chi connectivity index (χ0n) is 17.2. The Morgan fingerprint density at radius 2 is 2.14 bits per heavy atom. The molecule has 0 bridgehead atoms. The number of carbonyl (C=O) groups is 1. The maximum atomic E-state index is 12.3. The van der Waals surface area contributed by atoms with Crippen LogP contribution in [0.25, 0.3) is 10.9 Å². The van der Waals surface area contributed by atoms with Gasteiger partial charge in [-0.2, -0.15) is 0 Å². The minimum absolute atomic E-state index is 0.00322. The normalized spacial score (nSPS) is 17.6. The fourth-order valence-corrected chi connectivity index (χ4v) is 5.10. The number of hydrogen-bond donors (Lipinski definition) is 1. The largest absolute Gasteiger partial charge is 0.355 e. The summed E-state index contributed by atoms with van der Waals surface area (Å²) in [5, 5.41) is 4.54. The molecule has 1 aromatic carbocycles. The molecule has 1 amide bonds. The van der Waals surface area contributed by atoms with Gasteiger partial charge in [-0.25, -0.2) is 0 Å². The number of amides is 1. The highest BCUT2D eigenvalue weighted by atomic mass is 35.5. The average molecular weight is 436 g/mol. The van der Waals surface area contributed by atoms with Crippen LogP contribution in [-0.2, 0) is 11.8 Å². The van der Waals surface area contributed by atoms with Gasteiger partial charge in [0, 0.05) is 47.5 Å². The molecule has 0 unspecified atom stereocenters. The lowest BCUT2D eigenvalue weighted by atomic mass is 10.00. The lowest BCUT2D eigenvalue weighted by Crippen LogP contribution is -2.40. The van der Waals surface area contributed by atoms with Crippen LogP contribution in [0, 0.1) is 0 Å². The van der Waals surface area contributed by atoms with Crippen LogP contribution < -0.4 is 10.9 Å². The van der Waals surface area contributed by atoms with Crippen LogP contribution in [0.2, 0.25) is 5.02 Å². The SMILES string of the molecule is CC[C@H]1CCCCN1CCCNC(=O)CSc1cc(=O)n(C)c2cc(Cl)ccc12. The minimum atomic E-state index is -0.102. The van der Waals surface area contributed by atoms with E-state index in [4.69, 9.17) is 11.6 Å². The highest BCUT2D eigenvalue weighted by molar-refractivity contribution is 8.00. The fraction of sp³-hybridized carbons (Fsp3) is 0.545. The number of aromatic nitrogens is 1. The molecule has 1 saturated heterocycles. The first kappa shape index (κ1) is 22.2. The standard InChI is InChI=1S/C22H30ClN3O2S/c1-3-17-7-4-5-11-26(17)12-6-10-24-21(27)15-29-20-14-22(28)25(2)19-13-16(23)8-9-18(19)20/h8-9,13-14,17H,3-7,10-12,15H2,1-2H3,(H,24,27)/t17-/m0/s1. The van der Waals surface area contributed by atoms with E-state index in [1.54, 1.807) is 23.7 Å². The van der Waals surface area contributed by atoms with Gasteiger partial charge in [-0.1, -0.05) is 31.0 Å². The molecular weight excluding hydrogens is 406 g/mol. The number of nitrogens with zero attached hydrogens (tertiary/aromatic N) is 2. The van der Waals surface area contributed by atoms with Crippen LogP contribution in [-0.4, -0.2) is 46.8 Å². The lowest BCUT2D eigenvalue weighted by Gasteiger charge is -2.35. The third kappa shape index (κ3) is 5.77. The Labute approximate surface area is 181 Å². The van der Waals surface area contributed by atoms with Crippen LogP contribution in [0.1, 0.15) is 39.0 Å². The van der Waals surface area contributed by atoms with Gasteiger partial charge in [0.05, 0.1) is 11.3 Å². The molecule has 158 valence electrons. The number of thioether (sulfide) groups is 1. The molecule has 1 fully saturated rings. The van der Waals surface area contributed by atoms with E-state index in [0.29, 0.717) is 23.4 Å². The number of likely N-dealkylation sites (tertiary alicyclic amines) is 1. The number of pyridine rings is 1. The Morgan fingerprint density at radius 1 is 1.31 bits per heavy atom. The first-order valence-corrected chi connectivity index (χ1v) is 11.8. The second kappa shape index (κ2) is 10.5. The van der Waals surface area contributed by atoms with E-state index in [0.717, 1.165) is 28.8 Å². The van der Waals surface area contributed by atoms with Gasteiger partial charge in [-0.05, 0) is 44.4 Å². The molecule has 0 aliphatic carbocycles. The molecule has 1 aliphatic rings. The molecule has 3 rings (SSSR count). The van der Waals surface area contributed by atoms with Crippen LogP contribution in [0.4, 0.5) is 0 Å². The number of benzene rings is 1. The topological polar surface area (TPSA) is 54.3 Å². The fourth-order valence-electron chi connectivity index (χ4n) is 4.04. The van der Waals surface area contributed by atoms with Gasteiger partial charge in [0.2, 0.25) is 5.91 Å². The second-order valence-corrected chi connectivity index (χ2v) is 9.11. The smallest absolute Gasteiger partial charge is 0.251 e. The van der Waals surface area contributed by atoms with Crippen LogP contribution in [0.5, 0.6) is 0 Å². The van der Waals surface area contributed by atoms with Gasteiger partial charge in [0.1, 0.15) is 0 Å². The van der Waals surface area contributed by atoms with Gasteiger partial charge in [0.15, 0.2) is 0 Å². The quantitative estimate of drug-likeness (QED) is 0.502. The molecule has 0 radical (unpaired) electrons. The summed E-state index contributed by atoms with van der Waals surface area (Å²) < 4.78 is 1.58. The van der Waals surface area contributed by atoms with Crippen LogP contribution in [0.15, 0.2) is 34.0 Å². The maximum absolute atomic E-state index is 12.3. The van der Waals surface area contributed by atoms with E-state index in [1.165, 1.54) is 44.0 Å². The van der Waals surface area contributed by atoms with E-state index in [9.17, 15) is 9.59 Å². The summed E-state index contributed by atoms with van der Waals surface area (Å²) in [6, 6.07) is 7.79. The number of aryl methyl sites for hydroxylation is 1. The van der Waals surface area contributed by atoms with Gasteiger partial charge >= 0.3 is 0 Å². The molecule has 2 aromatic rings. The number of hydrogen-bond acceptors (Lipinski definition) is 4. The first-order chi connectivity index (χ1) is 14.0. The van der Waals surface area contributed by atoms with Crippen molar-refractivity contribution >= 4 is 40.2 Å². The van der Waals surface area contributed by atoms with Crippen molar-refractivity contribution in [2.24, 2.45) is 7.05 Å². The van der Waals surface area contributed by atoms with Gasteiger partial charge in [0.25, 0.3) is 5.56 Å². The highest BCUT2D eigenvalue weighted by Gasteiger charge is 2.19. The maximum Gasteiger partial charge on any atom is 0.251 e. The summed E-state index contributed by atoms with van der Waals surface area (Å²) >= 11 is 7.48. The zero-order valence-corrected chi connectivity index (χ0v) is 18.8. The number of halogens is 1. The monoisotopic (exact) mass is 435 g/mol. The molecule has 5 nitrogen and oxygen atoms in total. The molecule has 2 heterocycles. The number of nitrogens with one attached hydrogen (secondary N) is 1. The van der Waals surface area contributed by atoms with Crippen molar-refractivity contribution in [2.45, 2.75) is 50.0 Å². The van der Waals surface area contributed by atoms with E-state index < -0.39 is 0 Å². The number of rotatable bonds is 8. The molecular formula is C22H30ClN3O2S. The number of fused-ring (bicyclic) bond motifs is 1. The summed E-state index contributed by atoms with van der Waals surface area (Å²) in [5.41, 5.74) is 0.676. The van der Waals surface area contributed by atoms with E-state index in [1.807, 2.05) is 12.1 Å². The Bertz CT molecular complexity index is 915. The summed E-state index contributed by atoms with van der Waals surface area (Å²) in [6.45, 7) is 5.18. The first-order valence-electron chi connectivity index (χ1n) is 10.4. The predicted octanol–water partition coefficient (Wildman–Crippen LogP) is 4.05. The number of carbonyl (C=O) groups excluding carboxylic acids is 1. The molecule has 0 spiro atoms. The Kier molecular flexibility index (Phi) is 8.04. The molecule has 29 heavy (non-hydrogen) atoms. The third-order valence-electron chi connectivity index (χ3n) is 5.70. The van der Waals surface area contributed by atoms with Gasteiger partial charge < -0.3 is 14.8 Å². The van der Waals surface area contributed by atoms with Crippen molar-refractivity contribution in [3.63, 3.8) is 0 Å². The average Bonchev–Trinajstić information content (AvgIpc) is 2.73. The molecule has 0 saturated carbocycles. The minimum Gasteiger partial charge on any atom is -0.355 e. The Balaban J connectivity index is 1.50. The van der Waals surface area contributed by atoms with Crippen molar-refractivity contribution in [1.29, 1.82) is 0 Å². The van der Waals surface area contributed by atoms with Crippen molar-refractivity contribution < 1.29 is 4.79 Å². The van der Waals surface area contributed by atoms with Crippen molar-refractivity contribution in [2.75, 3.05) is 25.4 Å². The van der Waals surface area contributed by atoms with Crippen molar-refractivity contribution in [3.8, 4) is 0 Å². The lowest BCUT2D eigenvalue weighted by molar-refractivity contribution is -0.118. The summed E-state index contributed by atoms with van der Waals surface area (Å²) in [4.78, 5) is 27.9. The summed E-state index contributed by atoms with van der Waals surface area (Å²) in [5.74, 6) is 0.301. The molecule has 7 heteroatoms. The Morgan fingerprint density at radius 3 is 2.93 bits per heavy atom. The van der Waals surface area contributed by atoms with Crippen molar-refractivity contribution in [3.05, 3.63) is 39.6 Å². The van der Waals surface area contributed by atoms with E-state index >= 15 is 0 Å². The van der Waals surface area contributed by atoms with E-state index in [2.05, 4.69) is 17.1 Å².